The molecular formula is C19H19ClN2O5. The molecule has 27 heavy (non-hydrogen) atoms. The summed E-state index contributed by atoms with van der Waals surface area (Å²) in [5, 5.41) is 0.393. The van der Waals surface area contributed by atoms with Crippen molar-refractivity contribution < 1.29 is 23.8 Å². The van der Waals surface area contributed by atoms with Gasteiger partial charge in [0.1, 0.15) is 5.75 Å². The third-order valence-corrected chi connectivity index (χ3v) is 3.68. The van der Waals surface area contributed by atoms with Crippen molar-refractivity contribution in [3.8, 4) is 17.2 Å². The van der Waals surface area contributed by atoms with E-state index in [0.717, 1.165) is 0 Å². The number of ether oxygens (including phenoxy) is 3. The number of benzene rings is 2. The summed E-state index contributed by atoms with van der Waals surface area (Å²) >= 11 is 5.93. The van der Waals surface area contributed by atoms with E-state index in [1.165, 1.54) is 20.3 Å². The summed E-state index contributed by atoms with van der Waals surface area (Å²) < 4.78 is 15.7. The number of para-hydroxylation sites is 2. The van der Waals surface area contributed by atoms with E-state index in [9.17, 15) is 9.59 Å². The van der Waals surface area contributed by atoms with E-state index >= 15 is 0 Å². The fourth-order valence-corrected chi connectivity index (χ4v) is 2.31. The maximum atomic E-state index is 11.9. The van der Waals surface area contributed by atoms with Gasteiger partial charge in [0.05, 0.1) is 19.2 Å². The number of halogens is 1. The molecule has 0 saturated heterocycles. The highest BCUT2D eigenvalue weighted by atomic mass is 35.5. The first-order chi connectivity index (χ1) is 13.0. The van der Waals surface area contributed by atoms with Crippen molar-refractivity contribution in [2.45, 2.75) is 0 Å². The number of nitrogens with one attached hydrogen (secondary N) is 2. The van der Waals surface area contributed by atoms with Crippen molar-refractivity contribution in [2.75, 3.05) is 20.8 Å². The molecule has 2 aromatic carbocycles. The molecule has 2 aromatic rings. The van der Waals surface area contributed by atoms with Crippen molar-refractivity contribution >= 4 is 29.5 Å². The van der Waals surface area contributed by atoms with Crippen LogP contribution >= 0.6 is 11.6 Å². The Morgan fingerprint density at radius 1 is 1.00 bits per heavy atom. The fraction of sp³-hybridized carbons (Fsp3) is 0.158. The molecule has 0 heterocycles. The van der Waals surface area contributed by atoms with Crippen LogP contribution in [-0.4, -0.2) is 32.6 Å². The van der Waals surface area contributed by atoms with Crippen LogP contribution in [-0.2, 0) is 9.59 Å². The molecule has 2 amide bonds. The molecule has 0 spiro atoms. The monoisotopic (exact) mass is 390 g/mol. The molecule has 142 valence electrons. The van der Waals surface area contributed by atoms with Gasteiger partial charge in [-0.1, -0.05) is 35.9 Å². The molecule has 0 atom stereocenters. The normalized spacial score (nSPS) is 10.3. The molecule has 0 unspecified atom stereocenters. The second kappa shape index (κ2) is 10.1. The first kappa shape index (κ1) is 20.1. The Labute approximate surface area is 161 Å². The van der Waals surface area contributed by atoms with Crippen LogP contribution in [0.4, 0.5) is 0 Å². The van der Waals surface area contributed by atoms with Gasteiger partial charge < -0.3 is 14.2 Å². The molecule has 0 aromatic heterocycles. The van der Waals surface area contributed by atoms with Crippen LogP contribution in [0.25, 0.3) is 6.08 Å². The van der Waals surface area contributed by atoms with Crippen molar-refractivity contribution in [1.82, 2.24) is 10.9 Å². The van der Waals surface area contributed by atoms with Gasteiger partial charge in [0, 0.05) is 11.6 Å². The molecule has 0 radical (unpaired) electrons. The summed E-state index contributed by atoms with van der Waals surface area (Å²) in [5.74, 6) is 0.374. The molecule has 8 heteroatoms. The largest absolute Gasteiger partial charge is 0.493 e. The van der Waals surface area contributed by atoms with Crippen molar-refractivity contribution in [3.63, 3.8) is 0 Å². The van der Waals surface area contributed by atoms with E-state index in [2.05, 4.69) is 10.9 Å². The average Bonchev–Trinajstić information content (AvgIpc) is 2.69. The summed E-state index contributed by atoms with van der Waals surface area (Å²) in [6.45, 7) is -0.294. The molecule has 7 nitrogen and oxygen atoms in total. The maximum absolute atomic E-state index is 11.9. The Bertz CT molecular complexity index is 839. The van der Waals surface area contributed by atoms with Gasteiger partial charge in [-0.2, -0.15) is 0 Å². The zero-order valence-corrected chi connectivity index (χ0v) is 15.6. The van der Waals surface area contributed by atoms with Crippen LogP contribution in [0.1, 0.15) is 5.56 Å². The number of methoxy groups -OCH3 is 2. The SMILES string of the molecule is COc1cccc(/C=C/C(=O)NNC(=O)COc2ccccc2Cl)c1OC. The maximum Gasteiger partial charge on any atom is 0.276 e. The lowest BCUT2D eigenvalue weighted by Gasteiger charge is -2.10. The Morgan fingerprint density at radius 2 is 1.74 bits per heavy atom. The highest BCUT2D eigenvalue weighted by Crippen LogP contribution is 2.31. The van der Waals surface area contributed by atoms with Crippen LogP contribution < -0.4 is 25.1 Å². The number of rotatable bonds is 7. The molecule has 0 aliphatic heterocycles. The molecule has 2 N–H and O–H groups in total. The third-order valence-electron chi connectivity index (χ3n) is 3.37. The highest BCUT2D eigenvalue weighted by molar-refractivity contribution is 6.32. The number of hydrazine groups is 1. The van der Waals surface area contributed by atoms with Crippen molar-refractivity contribution in [3.05, 3.63) is 59.1 Å². The third kappa shape index (κ3) is 5.93. The highest BCUT2D eigenvalue weighted by Gasteiger charge is 2.08. The lowest BCUT2D eigenvalue weighted by Crippen LogP contribution is -2.43. The summed E-state index contributed by atoms with van der Waals surface area (Å²) in [7, 11) is 3.03. The van der Waals surface area contributed by atoms with Gasteiger partial charge in [-0.15, -0.1) is 0 Å². The molecule has 0 saturated carbocycles. The zero-order chi connectivity index (χ0) is 19.6. The number of carbonyl (C=O) groups excluding carboxylic acids is 2. The lowest BCUT2D eigenvalue weighted by atomic mass is 10.1. The number of amides is 2. The van der Waals surface area contributed by atoms with Crippen LogP contribution in [0.3, 0.4) is 0 Å². The van der Waals surface area contributed by atoms with Gasteiger partial charge in [0.15, 0.2) is 18.1 Å². The summed E-state index contributed by atoms with van der Waals surface area (Å²) in [6.07, 6.45) is 2.80. The Balaban J connectivity index is 1.84. The van der Waals surface area contributed by atoms with Crippen LogP contribution in [0, 0.1) is 0 Å². The van der Waals surface area contributed by atoms with Crippen molar-refractivity contribution in [1.29, 1.82) is 0 Å². The van der Waals surface area contributed by atoms with Crippen LogP contribution in [0.2, 0.25) is 5.02 Å². The first-order valence-electron chi connectivity index (χ1n) is 7.90. The van der Waals surface area contributed by atoms with Gasteiger partial charge in [0.25, 0.3) is 11.8 Å². The van der Waals surface area contributed by atoms with Gasteiger partial charge in [-0.05, 0) is 24.3 Å². The Hall–Kier alpha value is -3.19. The minimum atomic E-state index is -0.532. The second-order valence-corrected chi connectivity index (χ2v) is 5.58. The van der Waals surface area contributed by atoms with E-state index in [-0.39, 0.29) is 6.61 Å². The van der Waals surface area contributed by atoms with E-state index in [1.54, 1.807) is 48.5 Å². The van der Waals surface area contributed by atoms with Crippen LogP contribution in [0.5, 0.6) is 17.2 Å². The Morgan fingerprint density at radius 3 is 2.44 bits per heavy atom. The van der Waals surface area contributed by atoms with E-state index in [1.807, 2.05) is 0 Å². The van der Waals surface area contributed by atoms with E-state index < -0.39 is 11.8 Å². The standard InChI is InChI=1S/C19H19ClN2O5/c1-25-16-9-5-6-13(19(16)26-2)10-11-17(23)21-22-18(24)12-27-15-8-4-3-7-14(15)20/h3-11H,12H2,1-2H3,(H,21,23)(H,22,24)/b11-10+. The smallest absolute Gasteiger partial charge is 0.276 e. The van der Waals surface area contributed by atoms with Gasteiger partial charge in [0.2, 0.25) is 0 Å². The number of hydrogen-bond acceptors (Lipinski definition) is 5. The number of carbonyl (C=O) groups is 2. The topological polar surface area (TPSA) is 85.9 Å². The minimum Gasteiger partial charge on any atom is -0.493 e. The summed E-state index contributed by atoms with van der Waals surface area (Å²) in [5.41, 5.74) is 5.16. The fourth-order valence-electron chi connectivity index (χ4n) is 2.12. The van der Waals surface area contributed by atoms with E-state index in [0.29, 0.717) is 27.8 Å². The molecule has 2 rings (SSSR count). The molecular weight excluding hydrogens is 372 g/mol. The molecule has 0 bridgehead atoms. The molecule has 0 aliphatic rings. The second-order valence-electron chi connectivity index (χ2n) is 5.17. The predicted octanol–water partition coefficient (Wildman–Crippen LogP) is 2.60. The minimum absolute atomic E-state index is 0.294. The summed E-state index contributed by atoms with van der Waals surface area (Å²) in [4.78, 5) is 23.6. The molecule has 0 fully saturated rings. The van der Waals surface area contributed by atoms with Gasteiger partial charge >= 0.3 is 0 Å². The average molecular weight is 391 g/mol. The van der Waals surface area contributed by atoms with Gasteiger partial charge in [-0.25, -0.2) is 0 Å². The van der Waals surface area contributed by atoms with E-state index in [4.69, 9.17) is 25.8 Å². The Kier molecular flexibility index (Phi) is 7.51. The number of hydrogen-bond donors (Lipinski definition) is 2. The first-order valence-corrected chi connectivity index (χ1v) is 8.28. The summed E-state index contributed by atoms with van der Waals surface area (Å²) in [6, 6.07) is 12.0. The lowest BCUT2D eigenvalue weighted by molar-refractivity contribution is -0.128. The van der Waals surface area contributed by atoms with Gasteiger partial charge in [-0.3, -0.25) is 20.4 Å². The molecule has 0 aliphatic carbocycles. The van der Waals surface area contributed by atoms with Crippen molar-refractivity contribution in [2.24, 2.45) is 0 Å². The predicted molar refractivity (Wildman–Crippen MR) is 102 cm³/mol. The zero-order valence-electron chi connectivity index (χ0n) is 14.8. The van der Waals surface area contributed by atoms with Crippen LogP contribution in [0.15, 0.2) is 48.5 Å². The quantitative estimate of drug-likeness (QED) is 0.560.